The first kappa shape index (κ1) is 16.3. The van der Waals surface area contributed by atoms with E-state index in [2.05, 4.69) is 10.1 Å². The molecule has 0 aliphatic rings. The Balaban J connectivity index is 4.02. The van der Waals surface area contributed by atoms with E-state index < -0.39 is 0 Å². The summed E-state index contributed by atoms with van der Waals surface area (Å²) < 4.78 is 4.59. The molecule has 0 aromatic heterocycles. The third kappa shape index (κ3) is 7.26. The molecule has 0 spiro atoms. The van der Waals surface area contributed by atoms with Gasteiger partial charge >= 0.3 is 5.97 Å². The number of carbonyl (C=O) groups excluding carboxylic acids is 2. The molecule has 17 heavy (non-hydrogen) atoms. The van der Waals surface area contributed by atoms with Crippen molar-refractivity contribution in [3.05, 3.63) is 0 Å². The normalized spacial score (nSPS) is 15.8. The Bertz CT molecular complexity index is 258. The molecule has 0 radical (unpaired) electrons. The molecular formula is C12H23NO3S. The van der Waals surface area contributed by atoms with Gasteiger partial charge in [-0.25, -0.2) is 0 Å². The number of amides is 1. The van der Waals surface area contributed by atoms with Gasteiger partial charge in [0.2, 0.25) is 5.91 Å². The molecule has 0 aromatic rings. The summed E-state index contributed by atoms with van der Waals surface area (Å²) in [5.41, 5.74) is 0. The number of ether oxygens (including phenoxy) is 1. The summed E-state index contributed by atoms with van der Waals surface area (Å²) >= 11 is 1.49. The van der Waals surface area contributed by atoms with Crippen molar-refractivity contribution in [1.29, 1.82) is 0 Å². The number of carbonyl (C=O) groups is 2. The maximum atomic E-state index is 11.8. The molecule has 0 fully saturated rings. The second kappa shape index (κ2) is 8.39. The smallest absolute Gasteiger partial charge is 0.306 e. The number of hydrogen-bond donors (Lipinski definition) is 1. The third-order valence-electron chi connectivity index (χ3n) is 2.49. The van der Waals surface area contributed by atoms with Gasteiger partial charge < -0.3 is 10.1 Å². The van der Waals surface area contributed by atoms with Crippen molar-refractivity contribution in [2.45, 2.75) is 57.1 Å². The van der Waals surface area contributed by atoms with Crippen LogP contribution < -0.4 is 5.32 Å². The van der Waals surface area contributed by atoms with Gasteiger partial charge in [0.1, 0.15) is 0 Å². The van der Waals surface area contributed by atoms with E-state index in [1.54, 1.807) is 0 Å². The van der Waals surface area contributed by atoms with Crippen LogP contribution in [0.25, 0.3) is 0 Å². The molecule has 4 nitrogen and oxygen atoms in total. The zero-order valence-corrected chi connectivity index (χ0v) is 12.1. The number of methoxy groups -OCH3 is 1. The summed E-state index contributed by atoms with van der Waals surface area (Å²) in [6.45, 7) is 7.79. The molecule has 0 heterocycles. The number of nitrogens with one attached hydrogen (secondary N) is 1. The summed E-state index contributed by atoms with van der Waals surface area (Å²) in [7, 11) is 1.37. The molecule has 5 heteroatoms. The molecule has 3 unspecified atom stereocenters. The van der Waals surface area contributed by atoms with Gasteiger partial charge in [-0.1, -0.05) is 13.8 Å². The minimum Gasteiger partial charge on any atom is -0.469 e. The highest BCUT2D eigenvalue weighted by Gasteiger charge is 2.19. The molecule has 0 aliphatic heterocycles. The fourth-order valence-electron chi connectivity index (χ4n) is 1.24. The maximum absolute atomic E-state index is 11.8. The lowest BCUT2D eigenvalue weighted by molar-refractivity contribution is -0.140. The van der Waals surface area contributed by atoms with Gasteiger partial charge in [0.05, 0.1) is 18.8 Å². The summed E-state index contributed by atoms with van der Waals surface area (Å²) in [6.07, 6.45) is 1.25. The maximum Gasteiger partial charge on any atom is 0.306 e. The van der Waals surface area contributed by atoms with Crippen LogP contribution in [0.2, 0.25) is 0 Å². The first-order chi connectivity index (χ1) is 7.90. The van der Waals surface area contributed by atoms with E-state index in [-0.39, 0.29) is 28.4 Å². The van der Waals surface area contributed by atoms with Crippen molar-refractivity contribution in [3.8, 4) is 0 Å². The van der Waals surface area contributed by atoms with Crippen molar-refractivity contribution in [1.82, 2.24) is 5.32 Å². The zero-order chi connectivity index (χ0) is 13.4. The van der Waals surface area contributed by atoms with Crippen LogP contribution in [-0.2, 0) is 14.3 Å². The Morgan fingerprint density at radius 2 is 1.88 bits per heavy atom. The van der Waals surface area contributed by atoms with Crippen LogP contribution in [-0.4, -0.2) is 35.5 Å². The third-order valence-corrected chi connectivity index (χ3v) is 3.74. The van der Waals surface area contributed by atoms with Gasteiger partial charge in [0, 0.05) is 11.3 Å². The van der Waals surface area contributed by atoms with Crippen molar-refractivity contribution in [2.75, 3.05) is 7.11 Å². The SMILES string of the molecule is CCC(C)NC(=O)C(C)SC(C)CC(=O)OC. The molecule has 1 N–H and O–H groups in total. The van der Waals surface area contributed by atoms with Crippen LogP contribution >= 0.6 is 11.8 Å². The average molecular weight is 261 g/mol. The second-order valence-corrected chi connectivity index (χ2v) is 5.97. The summed E-state index contributed by atoms with van der Waals surface area (Å²) in [6, 6.07) is 0.196. The van der Waals surface area contributed by atoms with E-state index in [4.69, 9.17) is 0 Å². The van der Waals surface area contributed by atoms with E-state index in [1.165, 1.54) is 18.9 Å². The fraction of sp³-hybridized carbons (Fsp3) is 0.833. The van der Waals surface area contributed by atoms with Gasteiger partial charge in [0.15, 0.2) is 0 Å². The van der Waals surface area contributed by atoms with E-state index in [0.717, 1.165) is 6.42 Å². The molecule has 0 aromatic carbocycles. The topological polar surface area (TPSA) is 55.4 Å². The molecule has 0 saturated heterocycles. The van der Waals surface area contributed by atoms with Crippen LogP contribution in [0.4, 0.5) is 0 Å². The minimum absolute atomic E-state index is 0.0288. The second-order valence-electron chi connectivity index (χ2n) is 4.19. The molecule has 1 amide bonds. The standard InChI is InChI=1S/C12H23NO3S/c1-6-8(2)13-12(15)10(4)17-9(3)7-11(14)16-5/h8-10H,6-7H2,1-5H3,(H,13,15). The van der Waals surface area contributed by atoms with Gasteiger partial charge in [-0.2, -0.15) is 0 Å². The first-order valence-corrected chi connectivity index (χ1v) is 6.87. The highest BCUT2D eigenvalue weighted by atomic mass is 32.2. The molecule has 0 rings (SSSR count). The minimum atomic E-state index is -0.237. The molecular weight excluding hydrogens is 238 g/mol. The Morgan fingerprint density at radius 3 is 2.35 bits per heavy atom. The van der Waals surface area contributed by atoms with Crippen molar-refractivity contribution in [3.63, 3.8) is 0 Å². The molecule has 3 atom stereocenters. The van der Waals surface area contributed by atoms with Crippen LogP contribution in [0.3, 0.4) is 0 Å². The Kier molecular flexibility index (Phi) is 8.04. The van der Waals surface area contributed by atoms with Gasteiger partial charge in [0.25, 0.3) is 0 Å². The van der Waals surface area contributed by atoms with E-state index in [1.807, 2.05) is 27.7 Å². The highest BCUT2D eigenvalue weighted by Crippen LogP contribution is 2.20. The number of hydrogen-bond acceptors (Lipinski definition) is 4. The van der Waals surface area contributed by atoms with E-state index in [0.29, 0.717) is 6.42 Å². The van der Waals surface area contributed by atoms with Crippen molar-refractivity contribution < 1.29 is 14.3 Å². The Labute approximate surface area is 108 Å². The Morgan fingerprint density at radius 1 is 1.29 bits per heavy atom. The van der Waals surface area contributed by atoms with Gasteiger partial charge in [-0.05, 0) is 20.3 Å². The number of esters is 1. The van der Waals surface area contributed by atoms with Crippen molar-refractivity contribution in [2.24, 2.45) is 0 Å². The first-order valence-electron chi connectivity index (χ1n) is 5.93. The number of rotatable bonds is 7. The van der Waals surface area contributed by atoms with E-state index >= 15 is 0 Å². The van der Waals surface area contributed by atoms with Crippen LogP contribution in [0.15, 0.2) is 0 Å². The Hall–Kier alpha value is -0.710. The molecule has 100 valence electrons. The predicted molar refractivity (Wildman–Crippen MR) is 71.0 cm³/mol. The highest BCUT2D eigenvalue weighted by molar-refractivity contribution is 8.01. The monoisotopic (exact) mass is 261 g/mol. The van der Waals surface area contributed by atoms with Crippen LogP contribution in [0.1, 0.15) is 40.5 Å². The zero-order valence-electron chi connectivity index (χ0n) is 11.3. The summed E-state index contributed by atoms with van der Waals surface area (Å²) in [5, 5.41) is 2.86. The lowest BCUT2D eigenvalue weighted by atomic mass is 10.2. The summed E-state index contributed by atoms with van der Waals surface area (Å²) in [5.74, 6) is -0.208. The molecule has 0 saturated carbocycles. The molecule has 0 aliphatic carbocycles. The van der Waals surface area contributed by atoms with Crippen LogP contribution in [0, 0.1) is 0 Å². The van der Waals surface area contributed by atoms with Gasteiger partial charge in [-0.3, -0.25) is 9.59 Å². The largest absolute Gasteiger partial charge is 0.469 e. The average Bonchev–Trinajstić information content (AvgIpc) is 2.28. The lowest BCUT2D eigenvalue weighted by Crippen LogP contribution is -2.37. The fourth-order valence-corrected chi connectivity index (χ4v) is 2.36. The van der Waals surface area contributed by atoms with Gasteiger partial charge in [-0.15, -0.1) is 11.8 Å². The number of thioether (sulfide) groups is 1. The predicted octanol–water partition coefficient (Wildman–Crippen LogP) is 1.97. The van der Waals surface area contributed by atoms with E-state index in [9.17, 15) is 9.59 Å². The summed E-state index contributed by atoms with van der Waals surface area (Å²) in [4.78, 5) is 22.8. The van der Waals surface area contributed by atoms with Crippen molar-refractivity contribution >= 4 is 23.6 Å². The molecule has 0 bridgehead atoms. The quantitative estimate of drug-likeness (QED) is 0.712. The lowest BCUT2D eigenvalue weighted by Gasteiger charge is -2.18. The van der Waals surface area contributed by atoms with Crippen LogP contribution in [0.5, 0.6) is 0 Å².